The van der Waals surface area contributed by atoms with Crippen LogP contribution in [-0.2, 0) is 4.74 Å². The molecule has 0 radical (unpaired) electrons. The van der Waals surface area contributed by atoms with Crippen molar-refractivity contribution in [2.24, 2.45) is 0 Å². The molecule has 2 aliphatic heterocycles. The third kappa shape index (κ3) is 4.19. The predicted molar refractivity (Wildman–Crippen MR) is 75.0 cm³/mol. The Hall–Kier alpha value is -0.160. The van der Waals surface area contributed by atoms with Gasteiger partial charge in [-0.1, -0.05) is 6.92 Å². The molecule has 0 spiro atoms. The van der Waals surface area contributed by atoms with E-state index in [-0.39, 0.29) is 0 Å². The smallest absolute Gasteiger partial charge is 0.0712 e. The third-order valence-corrected chi connectivity index (χ3v) is 4.44. The lowest BCUT2D eigenvalue weighted by Crippen LogP contribution is -2.45. The topological polar surface area (TPSA) is 27.7 Å². The Morgan fingerprint density at radius 1 is 1.33 bits per heavy atom. The highest BCUT2D eigenvalue weighted by Crippen LogP contribution is 2.16. The van der Waals surface area contributed by atoms with E-state index in [1.54, 1.807) is 0 Å². The van der Waals surface area contributed by atoms with Crippen molar-refractivity contribution in [3.63, 3.8) is 0 Å². The summed E-state index contributed by atoms with van der Waals surface area (Å²) in [4.78, 5) is 5.10. The fraction of sp³-hybridized carbons (Fsp3) is 1.00. The Bertz CT molecular complexity index is 223. The van der Waals surface area contributed by atoms with Crippen LogP contribution >= 0.6 is 0 Å². The molecule has 0 aliphatic carbocycles. The number of hydrogen-bond acceptors (Lipinski definition) is 4. The first kappa shape index (κ1) is 14.3. The molecule has 4 nitrogen and oxygen atoms in total. The number of morpholine rings is 1. The van der Waals surface area contributed by atoms with Gasteiger partial charge in [0.15, 0.2) is 0 Å². The van der Waals surface area contributed by atoms with E-state index in [2.05, 4.69) is 29.1 Å². The number of ether oxygens (including phenoxy) is 1. The zero-order valence-electron chi connectivity index (χ0n) is 12.0. The van der Waals surface area contributed by atoms with Crippen molar-refractivity contribution >= 4 is 0 Å². The zero-order valence-corrected chi connectivity index (χ0v) is 12.0. The lowest BCUT2D eigenvalue weighted by Gasteiger charge is -2.37. The second-order valence-electron chi connectivity index (χ2n) is 5.63. The number of nitrogens with one attached hydrogen (secondary N) is 1. The van der Waals surface area contributed by atoms with Crippen molar-refractivity contribution in [2.45, 2.75) is 38.3 Å². The molecule has 0 amide bonds. The first-order valence-electron chi connectivity index (χ1n) is 7.54. The first-order valence-corrected chi connectivity index (χ1v) is 7.54. The standard InChI is InChI=1S/C14H29N3O/c1-3-17-9-4-13(5-10-17)16(2)8-6-14-12-15-7-11-18-14/h13-15H,3-12H2,1-2H3. The van der Waals surface area contributed by atoms with Crippen molar-refractivity contribution in [1.29, 1.82) is 0 Å². The van der Waals surface area contributed by atoms with Crippen LogP contribution in [0.5, 0.6) is 0 Å². The second-order valence-corrected chi connectivity index (χ2v) is 5.63. The summed E-state index contributed by atoms with van der Waals surface area (Å²) in [5.74, 6) is 0. The maximum atomic E-state index is 5.75. The van der Waals surface area contributed by atoms with Gasteiger partial charge in [0, 0.05) is 25.7 Å². The molecule has 1 atom stereocenters. The summed E-state index contributed by atoms with van der Waals surface area (Å²) in [7, 11) is 2.28. The van der Waals surface area contributed by atoms with Gasteiger partial charge in [0.25, 0.3) is 0 Å². The van der Waals surface area contributed by atoms with Gasteiger partial charge in [0.05, 0.1) is 12.7 Å². The van der Waals surface area contributed by atoms with Crippen molar-refractivity contribution < 1.29 is 4.74 Å². The summed E-state index contributed by atoms with van der Waals surface area (Å²) in [5.41, 5.74) is 0. The molecule has 2 heterocycles. The molecular weight excluding hydrogens is 226 g/mol. The predicted octanol–water partition coefficient (Wildman–Crippen LogP) is 0.781. The molecule has 0 aromatic carbocycles. The molecule has 0 saturated carbocycles. The Morgan fingerprint density at radius 2 is 2.11 bits per heavy atom. The lowest BCUT2D eigenvalue weighted by molar-refractivity contribution is 0.0142. The molecule has 0 bridgehead atoms. The Kier molecular flexibility index (Phi) is 5.89. The van der Waals surface area contributed by atoms with E-state index in [4.69, 9.17) is 4.74 Å². The lowest BCUT2D eigenvalue weighted by atomic mass is 10.0. The van der Waals surface area contributed by atoms with Crippen LogP contribution in [0.2, 0.25) is 0 Å². The van der Waals surface area contributed by atoms with Gasteiger partial charge >= 0.3 is 0 Å². The van der Waals surface area contributed by atoms with Gasteiger partial charge in [-0.05, 0) is 45.9 Å². The third-order valence-electron chi connectivity index (χ3n) is 4.44. The van der Waals surface area contributed by atoms with Crippen LogP contribution in [0.4, 0.5) is 0 Å². The highest BCUT2D eigenvalue weighted by Gasteiger charge is 2.22. The molecule has 1 unspecified atom stereocenters. The normalized spacial score (nSPS) is 27.8. The van der Waals surface area contributed by atoms with Crippen LogP contribution in [-0.4, -0.2) is 74.9 Å². The van der Waals surface area contributed by atoms with Gasteiger partial charge in [-0.2, -0.15) is 0 Å². The molecule has 2 rings (SSSR count). The molecule has 0 aromatic rings. The summed E-state index contributed by atoms with van der Waals surface area (Å²) in [6.07, 6.45) is 4.25. The van der Waals surface area contributed by atoms with Crippen LogP contribution in [0.25, 0.3) is 0 Å². The first-order chi connectivity index (χ1) is 8.79. The minimum absolute atomic E-state index is 0.428. The summed E-state index contributed by atoms with van der Waals surface area (Å²) in [6.45, 7) is 10.1. The van der Waals surface area contributed by atoms with Gasteiger partial charge in [-0.25, -0.2) is 0 Å². The number of nitrogens with zero attached hydrogens (tertiary/aromatic N) is 2. The van der Waals surface area contributed by atoms with Gasteiger partial charge in [-0.15, -0.1) is 0 Å². The van der Waals surface area contributed by atoms with Crippen molar-refractivity contribution in [2.75, 3.05) is 52.9 Å². The van der Waals surface area contributed by atoms with Gasteiger partial charge < -0.3 is 19.9 Å². The number of piperidine rings is 1. The van der Waals surface area contributed by atoms with E-state index < -0.39 is 0 Å². The van der Waals surface area contributed by atoms with Crippen molar-refractivity contribution in [1.82, 2.24) is 15.1 Å². The summed E-state index contributed by atoms with van der Waals surface area (Å²) in [5, 5.41) is 3.40. The molecule has 18 heavy (non-hydrogen) atoms. The maximum Gasteiger partial charge on any atom is 0.0712 e. The molecule has 106 valence electrons. The molecule has 1 N–H and O–H groups in total. The molecular formula is C14H29N3O. The highest BCUT2D eigenvalue weighted by molar-refractivity contribution is 4.79. The average Bonchev–Trinajstić information content (AvgIpc) is 2.46. The monoisotopic (exact) mass is 255 g/mol. The Morgan fingerprint density at radius 3 is 2.72 bits per heavy atom. The Labute approximate surface area is 112 Å². The van der Waals surface area contributed by atoms with Crippen LogP contribution in [0.15, 0.2) is 0 Å². The van der Waals surface area contributed by atoms with E-state index in [1.807, 2.05) is 0 Å². The highest BCUT2D eigenvalue weighted by atomic mass is 16.5. The fourth-order valence-electron chi connectivity index (χ4n) is 3.01. The van der Waals surface area contributed by atoms with Gasteiger partial charge in [0.2, 0.25) is 0 Å². The van der Waals surface area contributed by atoms with Gasteiger partial charge in [-0.3, -0.25) is 0 Å². The minimum Gasteiger partial charge on any atom is -0.376 e. The molecule has 2 saturated heterocycles. The molecule has 2 fully saturated rings. The van der Waals surface area contributed by atoms with Crippen molar-refractivity contribution in [3.8, 4) is 0 Å². The molecule has 0 aromatic heterocycles. The van der Waals surface area contributed by atoms with Crippen LogP contribution in [0, 0.1) is 0 Å². The van der Waals surface area contributed by atoms with E-state index in [0.29, 0.717) is 6.10 Å². The molecule has 4 heteroatoms. The number of likely N-dealkylation sites (tertiary alicyclic amines) is 1. The largest absolute Gasteiger partial charge is 0.376 e. The second kappa shape index (κ2) is 7.43. The summed E-state index contributed by atoms with van der Waals surface area (Å²) in [6, 6.07) is 0.782. The van der Waals surface area contributed by atoms with E-state index in [9.17, 15) is 0 Å². The summed E-state index contributed by atoms with van der Waals surface area (Å²) >= 11 is 0. The maximum absolute atomic E-state index is 5.75. The average molecular weight is 255 g/mol. The van der Waals surface area contributed by atoms with Crippen LogP contribution in [0.1, 0.15) is 26.2 Å². The minimum atomic E-state index is 0.428. The Balaban J connectivity index is 1.63. The van der Waals surface area contributed by atoms with E-state index in [0.717, 1.165) is 32.2 Å². The SMILES string of the molecule is CCN1CCC(N(C)CCC2CNCCO2)CC1. The van der Waals surface area contributed by atoms with Crippen LogP contribution in [0.3, 0.4) is 0 Å². The van der Waals surface area contributed by atoms with E-state index >= 15 is 0 Å². The zero-order chi connectivity index (χ0) is 12.8. The quantitative estimate of drug-likeness (QED) is 0.786. The number of rotatable bonds is 5. The molecule has 2 aliphatic rings. The van der Waals surface area contributed by atoms with Crippen LogP contribution < -0.4 is 5.32 Å². The fourth-order valence-corrected chi connectivity index (χ4v) is 3.01. The summed E-state index contributed by atoms with van der Waals surface area (Å²) < 4.78 is 5.75. The van der Waals surface area contributed by atoms with Crippen molar-refractivity contribution in [3.05, 3.63) is 0 Å². The van der Waals surface area contributed by atoms with E-state index in [1.165, 1.54) is 39.0 Å². The number of hydrogen-bond donors (Lipinski definition) is 1. The van der Waals surface area contributed by atoms with Gasteiger partial charge in [0.1, 0.15) is 0 Å².